The molecule has 180 valence electrons. The van der Waals surface area contributed by atoms with Gasteiger partial charge < -0.3 is 0 Å². The van der Waals surface area contributed by atoms with Crippen molar-refractivity contribution in [1.29, 1.82) is 0 Å². The highest BCUT2D eigenvalue weighted by atomic mass is 32.3. The maximum absolute atomic E-state index is 13.7. The van der Waals surface area contributed by atoms with Crippen LogP contribution < -0.4 is 3.71 Å². The van der Waals surface area contributed by atoms with E-state index in [0.717, 1.165) is 27.3 Å². The number of rotatable bonds is 8. The van der Waals surface area contributed by atoms with E-state index < -0.39 is 20.0 Å². The average Bonchev–Trinajstić information content (AvgIpc) is 2.84. The van der Waals surface area contributed by atoms with Gasteiger partial charge >= 0.3 is 0 Å². The van der Waals surface area contributed by atoms with Crippen molar-refractivity contribution < 1.29 is 16.8 Å². The second kappa shape index (κ2) is 10.3. The lowest BCUT2D eigenvalue weighted by Crippen LogP contribution is -2.37. The summed E-state index contributed by atoms with van der Waals surface area (Å²) in [6.45, 7) is 3.67. The van der Waals surface area contributed by atoms with Crippen molar-refractivity contribution in [3.05, 3.63) is 120 Å². The van der Waals surface area contributed by atoms with Gasteiger partial charge in [-0.15, -0.1) is 11.8 Å². The van der Waals surface area contributed by atoms with E-state index in [-0.39, 0.29) is 15.5 Å². The quantitative estimate of drug-likeness (QED) is 0.258. The molecule has 0 unspecified atom stereocenters. The van der Waals surface area contributed by atoms with Crippen LogP contribution in [0.3, 0.4) is 0 Å². The number of thioether (sulfide) groups is 1. The SMILES string of the molecule is Cc1ccc(S(=O)(=O)N(c2ccc(SCc3ccccc3)cc2)S(=O)(=O)c2ccc(C)cc2)cc1. The molecule has 0 amide bonds. The zero-order valence-corrected chi connectivity index (χ0v) is 21.8. The summed E-state index contributed by atoms with van der Waals surface area (Å²) < 4.78 is 55.2. The first-order valence-corrected chi connectivity index (χ1v) is 14.8. The normalized spacial score (nSPS) is 11.8. The van der Waals surface area contributed by atoms with Gasteiger partial charge in [0.25, 0.3) is 20.0 Å². The van der Waals surface area contributed by atoms with Gasteiger partial charge in [0.05, 0.1) is 15.5 Å². The van der Waals surface area contributed by atoms with Crippen LogP contribution in [0, 0.1) is 13.8 Å². The van der Waals surface area contributed by atoms with Crippen LogP contribution in [0.25, 0.3) is 0 Å². The molecule has 0 aliphatic heterocycles. The molecule has 5 nitrogen and oxygen atoms in total. The van der Waals surface area contributed by atoms with Crippen molar-refractivity contribution in [3.8, 4) is 0 Å². The first-order valence-electron chi connectivity index (χ1n) is 10.9. The summed E-state index contributed by atoms with van der Waals surface area (Å²) in [5.74, 6) is 0.743. The zero-order chi connectivity index (χ0) is 25.1. The Kier molecular flexibility index (Phi) is 7.35. The monoisotopic (exact) mass is 523 g/mol. The van der Waals surface area contributed by atoms with E-state index in [1.165, 1.54) is 36.4 Å². The second-order valence-corrected chi connectivity index (χ2v) is 13.0. The molecule has 0 aliphatic carbocycles. The van der Waals surface area contributed by atoms with E-state index in [2.05, 4.69) is 0 Å². The summed E-state index contributed by atoms with van der Waals surface area (Å²) in [5, 5.41) is 0. The molecule has 0 N–H and O–H groups in total. The van der Waals surface area contributed by atoms with Crippen LogP contribution in [0.5, 0.6) is 0 Å². The van der Waals surface area contributed by atoms with Gasteiger partial charge in [0.15, 0.2) is 0 Å². The molecule has 4 aromatic carbocycles. The number of nitrogens with zero attached hydrogens (tertiary/aromatic N) is 1. The Bertz CT molecular complexity index is 1420. The zero-order valence-electron chi connectivity index (χ0n) is 19.3. The van der Waals surface area contributed by atoms with Crippen LogP contribution >= 0.6 is 11.8 Å². The fourth-order valence-electron chi connectivity index (χ4n) is 3.42. The molecular formula is C27H25NO4S3. The van der Waals surface area contributed by atoms with Gasteiger partial charge in [-0.3, -0.25) is 0 Å². The Morgan fingerprint density at radius 2 is 1.06 bits per heavy atom. The van der Waals surface area contributed by atoms with Crippen molar-refractivity contribution in [1.82, 2.24) is 0 Å². The molecular weight excluding hydrogens is 499 g/mol. The fraction of sp³-hybridized carbons (Fsp3) is 0.111. The maximum Gasteiger partial charge on any atom is 0.277 e. The van der Waals surface area contributed by atoms with E-state index >= 15 is 0 Å². The molecule has 0 bridgehead atoms. The van der Waals surface area contributed by atoms with E-state index in [1.54, 1.807) is 48.2 Å². The minimum atomic E-state index is -4.42. The van der Waals surface area contributed by atoms with E-state index in [9.17, 15) is 16.8 Å². The first kappa shape index (κ1) is 25.0. The molecule has 0 aliphatic rings. The summed E-state index contributed by atoms with van der Waals surface area (Å²) in [6.07, 6.45) is 0. The van der Waals surface area contributed by atoms with Crippen LogP contribution in [0.4, 0.5) is 5.69 Å². The topological polar surface area (TPSA) is 71.5 Å². The third kappa shape index (κ3) is 5.61. The number of hydrogen-bond donors (Lipinski definition) is 0. The Hall–Kier alpha value is -3.07. The van der Waals surface area contributed by atoms with Crippen molar-refractivity contribution in [2.45, 2.75) is 34.3 Å². The Morgan fingerprint density at radius 3 is 1.51 bits per heavy atom. The van der Waals surface area contributed by atoms with Crippen LogP contribution in [-0.4, -0.2) is 16.8 Å². The van der Waals surface area contributed by atoms with Gasteiger partial charge in [-0.2, -0.15) is 3.71 Å². The molecule has 4 aromatic rings. The smallest absolute Gasteiger partial charge is 0.200 e. The minimum absolute atomic E-state index is 0.0511. The van der Waals surface area contributed by atoms with Gasteiger partial charge in [-0.25, -0.2) is 16.8 Å². The molecule has 0 atom stereocenters. The molecule has 0 radical (unpaired) electrons. The Morgan fingerprint density at radius 1 is 0.600 bits per heavy atom. The van der Waals surface area contributed by atoms with E-state index in [1.807, 2.05) is 44.2 Å². The molecule has 0 fully saturated rings. The Balaban J connectivity index is 1.74. The highest BCUT2D eigenvalue weighted by Crippen LogP contribution is 2.33. The van der Waals surface area contributed by atoms with E-state index in [4.69, 9.17) is 0 Å². The average molecular weight is 524 g/mol. The van der Waals surface area contributed by atoms with Crippen LogP contribution in [0.15, 0.2) is 118 Å². The molecule has 35 heavy (non-hydrogen) atoms. The minimum Gasteiger partial charge on any atom is -0.200 e. The number of benzene rings is 4. The summed E-state index contributed by atoms with van der Waals surface area (Å²) in [4.78, 5) is 0.709. The molecule has 0 heterocycles. The number of aryl methyl sites for hydroxylation is 2. The summed E-state index contributed by atoms with van der Waals surface area (Å²) in [7, 11) is -8.83. The predicted octanol–water partition coefficient (Wildman–Crippen LogP) is 6.18. The summed E-state index contributed by atoms with van der Waals surface area (Å²) in [5.41, 5.74) is 2.95. The summed E-state index contributed by atoms with van der Waals surface area (Å²) in [6, 6.07) is 28.8. The lowest BCUT2D eigenvalue weighted by Gasteiger charge is -2.24. The van der Waals surface area contributed by atoms with Crippen molar-refractivity contribution in [2.75, 3.05) is 3.71 Å². The van der Waals surface area contributed by atoms with Crippen LogP contribution in [0.2, 0.25) is 0 Å². The van der Waals surface area contributed by atoms with E-state index in [0.29, 0.717) is 3.71 Å². The lowest BCUT2D eigenvalue weighted by molar-refractivity contribution is 0.584. The maximum atomic E-state index is 13.7. The van der Waals surface area contributed by atoms with Crippen molar-refractivity contribution in [2.24, 2.45) is 0 Å². The van der Waals surface area contributed by atoms with Crippen molar-refractivity contribution >= 4 is 37.5 Å². The predicted molar refractivity (Wildman–Crippen MR) is 142 cm³/mol. The number of anilines is 1. The van der Waals surface area contributed by atoms with Gasteiger partial charge in [0.2, 0.25) is 0 Å². The largest absolute Gasteiger partial charge is 0.277 e. The number of hydrogen-bond acceptors (Lipinski definition) is 5. The van der Waals surface area contributed by atoms with Gasteiger partial charge in [0.1, 0.15) is 0 Å². The molecule has 0 aromatic heterocycles. The molecule has 4 rings (SSSR count). The van der Waals surface area contributed by atoms with Gasteiger partial charge in [0, 0.05) is 10.6 Å². The highest BCUT2D eigenvalue weighted by Gasteiger charge is 2.36. The molecule has 0 saturated carbocycles. The molecule has 0 saturated heterocycles. The van der Waals surface area contributed by atoms with Gasteiger partial charge in [-0.1, -0.05) is 65.7 Å². The standard InChI is InChI=1S/C27H25NO4S3/c1-21-8-16-26(17-9-21)34(29,30)28(35(31,32)27-18-10-22(2)11-19-27)24-12-14-25(15-13-24)33-20-23-6-4-3-5-7-23/h3-19H,20H2,1-2H3. The first-order chi connectivity index (χ1) is 16.7. The van der Waals surface area contributed by atoms with Crippen molar-refractivity contribution in [3.63, 3.8) is 0 Å². The third-order valence-electron chi connectivity index (χ3n) is 5.37. The third-order valence-corrected chi connectivity index (χ3v) is 10.7. The summed E-state index contributed by atoms with van der Waals surface area (Å²) >= 11 is 1.59. The Labute approximate surface area is 211 Å². The molecule has 0 spiro atoms. The molecule has 8 heteroatoms. The lowest BCUT2D eigenvalue weighted by atomic mass is 10.2. The van der Waals surface area contributed by atoms with Gasteiger partial charge in [-0.05, 0) is 67.9 Å². The number of sulfonamides is 2. The fourth-order valence-corrected chi connectivity index (χ4v) is 7.97. The second-order valence-electron chi connectivity index (χ2n) is 8.10. The van der Waals surface area contributed by atoms with Crippen LogP contribution in [-0.2, 0) is 25.8 Å². The highest BCUT2D eigenvalue weighted by molar-refractivity contribution is 8.10. The van der Waals surface area contributed by atoms with Crippen LogP contribution in [0.1, 0.15) is 16.7 Å².